The summed E-state index contributed by atoms with van der Waals surface area (Å²) in [6, 6.07) is 0. The summed E-state index contributed by atoms with van der Waals surface area (Å²) in [6.45, 7) is 11.2. The molecule has 0 aliphatic carbocycles. The smallest absolute Gasteiger partial charge is 0.410 e. The molecular formula is C15H29N3O3. The second-order valence-electron chi connectivity index (χ2n) is 7.00. The third-order valence-corrected chi connectivity index (χ3v) is 4.41. The van der Waals surface area contributed by atoms with Gasteiger partial charge in [0, 0.05) is 38.3 Å². The molecule has 2 aliphatic rings. The van der Waals surface area contributed by atoms with Gasteiger partial charge in [-0.25, -0.2) is 4.79 Å². The number of carbonyl (C=O) groups is 1. The summed E-state index contributed by atoms with van der Waals surface area (Å²) >= 11 is 0. The molecule has 2 N–H and O–H groups in total. The molecule has 0 radical (unpaired) electrons. The van der Waals surface area contributed by atoms with Crippen LogP contribution in [0, 0.1) is 0 Å². The van der Waals surface area contributed by atoms with E-state index in [1.807, 2.05) is 20.8 Å². The van der Waals surface area contributed by atoms with Crippen molar-refractivity contribution in [3.05, 3.63) is 0 Å². The Morgan fingerprint density at radius 1 is 1.19 bits per heavy atom. The van der Waals surface area contributed by atoms with Gasteiger partial charge in [-0.15, -0.1) is 0 Å². The Labute approximate surface area is 127 Å². The molecule has 1 amide bonds. The van der Waals surface area contributed by atoms with Crippen LogP contribution in [0.1, 0.15) is 33.6 Å². The summed E-state index contributed by atoms with van der Waals surface area (Å²) in [7, 11) is 0. The summed E-state index contributed by atoms with van der Waals surface area (Å²) in [6.07, 6.45) is 1.60. The van der Waals surface area contributed by atoms with E-state index in [1.165, 1.54) is 0 Å². The molecule has 2 aliphatic heterocycles. The monoisotopic (exact) mass is 299 g/mol. The maximum absolute atomic E-state index is 12.1. The van der Waals surface area contributed by atoms with Crippen molar-refractivity contribution < 1.29 is 14.3 Å². The summed E-state index contributed by atoms with van der Waals surface area (Å²) in [5.41, 5.74) is 5.65. The molecule has 0 aromatic carbocycles. The van der Waals surface area contributed by atoms with Crippen LogP contribution in [0.5, 0.6) is 0 Å². The zero-order valence-electron chi connectivity index (χ0n) is 13.6. The van der Waals surface area contributed by atoms with Crippen molar-refractivity contribution in [2.24, 2.45) is 5.73 Å². The van der Waals surface area contributed by atoms with Gasteiger partial charge in [0.25, 0.3) is 0 Å². The van der Waals surface area contributed by atoms with E-state index in [2.05, 4.69) is 4.90 Å². The van der Waals surface area contributed by atoms with Crippen molar-refractivity contribution in [2.75, 3.05) is 45.9 Å². The Balaban J connectivity index is 1.92. The fourth-order valence-corrected chi connectivity index (χ4v) is 3.12. The molecule has 2 saturated heterocycles. The molecule has 0 aromatic rings. The summed E-state index contributed by atoms with van der Waals surface area (Å²) in [5, 5.41) is 0. The summed E-state index contributed by atoms with van der Waals surface area (Å²) in [4.78, 5) is 16.4. The molecule has 2 fully saturated rings. The van der Waals surface area contributed by atoms with Crippen LogP contribution in [0.3, 0.4) is 0 Å². The Morgan fingerprint density at radius 3 is 2.24 bits per heavy atom. The Morgan fingerprint density at radius 2 is 1.76 bits per heavy atom. The van der Waals surface area contributed by atoms with E-state index in [4.69, 9.17) is 15.2 Å². The Kier molecular flexibility index (Phi) is 5.11. The highest BCUT2D eigenvalue weighted by Crippen LogP contribution is 2.29. The fourth-order valence-electron chi connectivity index (χ4n) is 3.12. The standard InChI is InChI=1S/C15H29N3O3/c1-14(2,3)21-13(19)17-6-4-15(12-16,5-7-17)18-8-10-20-11-9-18/h4-12,16H2,1-3H3. The largest absolute Gasteiger partial charge is 0.444 e. The van der Waals surface area contributed by atoms with Gasteiger partial charge in [0.2, 0.25) is 0 Å². The molecule has 2 rings (SSSR count). The average Bonchev–Trinajstić information content (AvgIpc) is 2.46. The van der Waals surface area contributed by atoms with Crippen molar-refractivity contribution in [3.8, 4) is 0 Å². The van der Waals surface area contributed by atoms with Crippen LogP contribution in [-0.2, 0) is 9.47 Å². The molecule has 0 unspecified atom stereocenters. The van der Waals surface area contributed by atoms with Crippen LogP contribution in [0.4, 0.5) is 4.79 Å². The molecule has 0 atom stereocenters. The first-order chi connectivity index (χ1) is 9.86. The predicted octanol–water partition coefficient (Wildman–Crippen LogP) is 1.05. The van der Waals surface area contributed by atoms with E-state index in [-0.39, 0.29) is 11.6 Å². The second-order valence-corrected chi connectivity index (χ2v) is 7.00. The maximum Gasteiger partial charge on any atom is 0.410 e. The van der Waals surface area contributed by atoms with Gasteiger partial charge in [-0.3, -0.25) is 4.90 Å². The first kappa shape index (κ1) is 16.5. The summed E-state index contributed by atoms with van der Waals surface area (Å²) in [5.74, 6) is 0. The molecule has 21 heavy (non-hydrogen) atoms. The van der Waals surface area contributed by atoms with Crippen molar-refractivity contribution in [3.63, 3.8) is 0 Å². The van der Waals surface area contributed by atoms with Gasteiger partial charge in [0.05, 0.1) is 13.2 Å². The number of rotatable bonds is 2. The van der Waals surface area contributed by atoms with Gasteiger partial charge in [-0.05, 0) is 33.6 Å². The van der Waals surface area contributed by atoms with Crippen LogP contribution < -0.4 is 5.73 Å². The molecule has 6 nitrogen and oxygen atoms in total. The Bertz CT molecular complexity index is 354. The number of likely N-dealkylation sites (tertiary alicyclic amines) is 1. The topological polar surface area (TPSA) is 68.0 Å². The van der Waals surface area contributed by atoms with E-state index in [1.54, 1.807) is 4.90 Å². The van der Waals surface area contributed by atoms with Crippen LogP contribution in [-0.4, -0.2) is 73.0 Å². The van der Waals surface area contributed by atoms with Crippen molar-refractivity contribution in [1.82, 2.24) is 9.80 Å². The number of hydrogen-bond donors (Lipinski definition) is 1. The van der Waals surface area contributed by atoms with E-state index < -0.39 is 5.60 Å². The third kappa shape index (κ3) is 4.08. The van der Waals surface area contributed by atoms with Crippen molar-refractivity contribution in [1.29, 1.82) is 0 Å². The molecule has 0 aromatic heterocycles. The minimum absolute atomic E-state index is 0.0162. The highest BCUT2D eigenvalue weighted by Gasteiger charge is 2.40. The number of morpholine rings is 1. The quantitative estimate of drug-likeness (QED) is 0.825. The van der Waals surface area contributed by atoms with Gasteiger partial charge >= 0.3 is 6.09 Å². The third-order valence-electron chi connectivity index (χ3n) is 4.41. The maximum atomic E-state index is 12.1. The molecule has 2 heterocycles. The van der Waals surface area contributed by atoms with E-state index in [0.717, 1.165) is 39.1 Å². The number of amides is 1. The first-order valence-corrected chi connectivity index (χ1v) is 7.87. The number of carbonyl (C=O) groups excluding carboxylic acids is 1. The number of ether oxygens (including phenoxy) is 2. The van der Waals surface area contributed by atoms with E-state index >= 15 is 0 Å². The lowest BCUT2D eigenvalue weighted by Gasteiger charge is -2.49. The zero-order chi connectivity index (χ0) is 15.5. The SMILES string of the molecule is CC(C)(C)OC(=O)N1CCC(CN)(N2CCOCC2)CC1. The highest BCUT2D eigenvalue weighted by atomic mass is 16.6. The number of hydrogen-bond acceptors (Lipinski definition) is 5. The van der Waals surface area contributed by atoms with Crippen LogP contribution in [0.25, 0.3) is 0 Å². The van der Waals surface area contributed by atoms with E-state index in [9.17, 15) is 4.79 Å². The van der Waals surface area contributed by atoms with Crippen LogP contribution in [0.15, 0.2) is 0 Å². The molecule has 0 bridgehead atoms. The van der Waals surface area contributed by atoms with E-state index in [0.29, 0.717) is 19.6 Å². The van der Waals surface area contributed by atoms with Gasteiger partial charge < -0.3 is 20.1 Å². The van der Waals surface area contributed by atoms with Crippen molar-refractivity contribution >= 4 is 6.09 Å². The summed E-state index contributed by atoms with van der Waals surface area (Å²) < 4.78 is 10.9. The van der Waals surface area contributed by atoms with Gasteiger partial charge in [0.15, 0.2) is 0 Å². The Hall–Kier alpha value is -0.850. The molecule has 6 heteroatoms. The molecule has 0 saturated carbocycles. The van der Waals surface area contributed by atoms with Gasteiger partial charge in [-0.2, -0.15) is 0 Å². The van der Waals surface area contributed by atoms with Crippen LogP contribution >= 0.6 is 0 Å². The lowest BCUT2D eigenvalue weighted by molar-refractivity contribution is -0.0472. The molecule has 122 valence electrons. The van der Waals surface area contributed by atoms with Crippen LogP contribution in [0.2, 0.25) is 0 Å². The van der Waals surface area contributed by atoms with Gasteiger partial charge in [0.1, 0.15) is 5.60 Å². The lowest BCUT2D eigenvalue weighted by Crippen LogP contribution is -2.62. The van der Waals surface area contributed by atoms with Gasteiger partial charge in [-0.1, -0.05) is 0 Å². The molecule has 0 spiro atoms. The second kappa shape index (κ2) is 6.50. The fraction of sp³-hybridized carbons (Fsp3) is 0.933. The predicted molar refractivity (Wildman–Crippen MR) is 81.2 cm³/mol. The lowest BCUT2D eigenvalue weighted by atomic mass is 9.85. The highest BCUT2D eigenvalue weighted by molar-refractivity contribution is 5.68. The molecular weight excluding hydrogens is 270 g/mol. The van der Waals surface area contributed by atoms with Crippen molar-refractivity contribution in [2.45, 2.75) is 44.8 Å². The number of nitrogens with two attached hydrogens (primary N) is 1. The first-order valence-electron chi connectivity index (χ1n) is 7.87. The zero-order valence-corrected chi connectivity index (χ0v) is 13.6. The average molecular weight is 299 g/mol. The number of nitrogens with zero attached hydrogens (tertiary/aromatic N) is 2. The minimum Gasteiger partial charge on any atom is -0.444 e. The normalized spacial score (nSPS) is 23.9. The number of piperidine rings is 1. The minimum atomic E-state index is -0.441.